The molecule has 0 spiro atoms. The van der Waals surface area contributed by atoms with E-state index in [-0.39, 0.29) is 5.82 Å². The van der Waals surface area contributed by atoms with Crippen molar-refractivity contribution in [2.45, 2.75) is 6.42 Å². The molecular weight excluding hydrogens is 255 g/mol. The molecule has 1 aromatic carbocycles. The van der Waals surface area contributed by atoms with Crippen LogP contribution in [0.4, 0.5) is 4.39 Å². The number of rotatable bonds is 4. The molecule has 0 amide bonds. The van der Waals surface area contributed by atoms with Gasteiger partial charge in [-0.05, 0) is 46.3 Å². The standard InChI is InChI=1S/C9H10BrFOS/c10-8-6-7(11)2-3-9(8)12-4-1-5-13/h2-3,6,13H,1,4-5H2. The van der Waals surface area contributed by atoms with Gasteiger partial charge in [0.15, 0.2) is 0 Å². The van der Waals surface area contributed by atoms with E-state index in [1.165, 1.54) is 12.1 Å². The molecule has 1 aromatic rings. The van der Waals surface area contributed by atoms with E-state index < -0.39 is 0 Å². The van der Waals surface area contributed by atoms with Gasteiger partial charge in [-0.2, -0.15) is 12.6 Å². The zero-order valence-corrected chi connectivity index (χ0v) is 9.45. The molecule has 0 aliphatic carbocycles. The predicted octanol–water partition coefficient (Wildman–Crippen LogP) is 3.29. The van der Waals surface area contributed by atoms with Gasteiger partial charge in [0.2, 0.25) is 0 Å². The van der Waals surface area contributed by atoms with Gasteiger partial charge < -0.3 is 4.74 Å². The molecule has 1 rings (SSSR count). The zero-order chi connectivity index (χ0) is 9.68. The van der Waals surface area contributed by atoms with Crippen LogP contribution in [0.25, 0.3) is 0 Å². The molecule has 0 heterocycles. The second-order valence-corrected chi connectivity index (χ2v) is 3.80. The number of thiol groups is 1. The number of ether oxygens (including phenoxy) is 1. The second kappa shape index (κ2) is 5.50. The van der Waals surface area contributed by atoms with Crippen molar-refractivity contribution in [1.29, 1.82) is 0 Å². The van der Waals surface area contributed by atoms with Gasteiger partial charge in [0.05, 0.1) is 11.1 Å². The topological polar surface area (TPSA) is 9.23 Å². The quantitative estimate of drug-likeness (QED) is 0.649. The second-order valence-electron chi connectivity index (χ2n) is 2.50. The Hall–Kier alpha value is -0.220. The van der Waals surface area contributed by atoms with E-state index in [0.29, 0.717) is 16.8 Å². The summed E-state index contributed by atoms with van der Waals surface area (Å²) in [5, 5.41) is 0. The lowest BCUT2D eigenvalue weighted by Gasteiger charge is -2.06. The van der Waals surface area contributed by atoms with E-state index in [1.54, 1.807) is 6.07 Å². The monoisotopic (exact) mass is 264 g/mol. The normalized spacial score (nSPS) is 10.1. The molecular formula is C9H10BrFOS. The van der Waals surface area contributed by atoms with Crippen LogP contribution in [0, 0.1) is 5.82 Å². The summed E-state index contributed by atoms with van der Waals surface area (Å²) in [6, 6.07) is 4.37. The first-order chi connectivity index (χ1) is 6.24. The van der Waals surface area contributed by atoms with Crippen molar-refractivity contribution in [3.8, 4) is 5.75 Å². The number of hydrogen-bond donors (Lipinski definition) is 1. The predicted molar refractivity (Wildman–Crippen MR) is 58.1 cm³/mol. The molecule has 0 radical (unpaired) electrons. The maximum Gasteiger partial charge on any atom is 0.133 e. The summed E-state index contributed by atoms with van der Waals surface area (Å²) in [5.41, 5.74) is 0. The molecule has 0 atom stereocenters. The summed E-state index contributed by atoms with van der Waals surface area (Å²) in [6.07, 6.45) is 0.882. The Morgan fingerprint density at radius 1 is 1.46 bits per heavy atom. The molecule has 0 bridgehead atoms. The van der Waals surface area contributed by atoms with Gasteiger partial charge in [-0.25, -0.2) is 4.39 Å². The summed E-state index contributed by atoms with van der Waals surface area (Å²) in [5.74, 6) is 1.19. The van der Waals surface area contributed by atoms with Crippen molar-refractivity contribution in [1.82, 2.24) is 0 Å². The Labute approximate surface area is 90.8 Å². The minimum absolute atomic E-state index is 0.270. The fraction of sp³-hybridized carbons (Fsp3) is 0.333. The lowest BCUT2D eigenvalue weighted by molar-refractivity contribution is 0.316. The van der Waals surface area contributed by atoms with Gasteiger partial charge in [0.1, 0.15) is 11.6 Å². The Morgan fingerprint density at radius 3 is 2.85 bits per heavy atom. The van der Waals surface area contributed by atoms with Crippen LogP contribution in [0.2, 0.25) is 0 Å². The van der Waals surface area contributed by atoms with Crippen molar-refractivity contribution in [2.75, 3.05) is 12.4 Å². The highest BCUT2D eigenvalue weighted by atomic mass is 79.9. The fourth-order valence-electron chi connectivity index (χ4n) is 0.839. The Morgan fingerprint density at radius 2 is 2.23 bits per heavy atom. The zero-order valence-electron chi connectivity index (χ0n) is 6.96. The summed E-state index contributed by atoms with van der Waals surface area (Å²) in [4.78, 5) is 0. The average molecular weight is 265 g/mol. The molecule has 0 fully saturated rings. The molecule has 0 N–H and O–H groups in total. The van der Waals surface area contributed by atoms with Crippen molar-refractivity contribution >= 4 is 28.6 Å². The molecule has 13 heavy (non-hydrogen) atoms. The smallest absolute Gasteiger partial charge is 0.133 e. The van der Waals surface area contributed by atoms with Crippen molar-refractivity contribution < 1.29 is 9.13 Å². The average Bonchev–Trinajstić information content (AvgIpc) is 2.09. The van der Waals surface area contributed by atoms with Gasteiger partial charge in [-0.1, -0.05) is 0 Å². The number of hydrogen-bond acceptors (Lipinski definition) is 2. The van der Waals surface area contributed by atoms with E-state index in [0.717, 1.165) is 12.2 Å². The first-order valence-corrected chi connectivity index (χ1v) is 5.35. The highest BCUT2D eigenvalue weighted by Gasteiger charge is 2.01. The lowest BCUT2D eigenvalue weighted by Crippen LogP contribution is -1.98. The van der Waals surface area contributed by atoms with E-state index >= 15 is 0 Å². The van der Waals surface area contributed by atoms with Gasteiger partial charge in [-0.15, -0.1) is 0 Å². The van der Waals surface area contributed by atoms with Gasteiger partial charge in [-0.3, -0.25) is 0 Å². The highest BCUT2D eigenvalue weighted by molar-refractivity contribution is 9.10. The van der Waals surface area contributed by atoms with Crippen LogP contribution in [-0.4, -0.2) is 12.4 Å². The van der Waals surface area contributed by atoms with E-state index in [9.17, 15) is 4.39 Å². The lowest BCUT2D eigenvalue weighted by atomic mass is 10.3. The number of benzene rings is 1. The van der Waals surface area contributed by atoms with Gasteiger partial charge in [0.25, 0.3) is 0 Å². The van der Waals surface area contributed by atoms with Crippen molar-refractivity contribution in [3.05, 3.63) is 28.5 Å². The van der Waals surface area contributed by atoms with Crippen LogP contribution in [0.1, 0.15) is 6.42 Å². The Kier molecular flexibility index (Phi) is 4.59. The molecule has 0 aromatic heterocycles. The van der Waals surface area contributed by atoms with Gasteiger partial charge in [0, 0.05) is 0 Å². The summed E-state index contributed by atoms with van der Waals surface area (Å²) >= 11 is 7.27. The van der Waals surface area contributed by atoms with E-state index in [1.807, 2.05) is 0 Å². The van der Waals surface area contributed by atoms with Crippen LogP contribution >= 0.6 is 28.6 Å². The van der Waals surface area contributed by atoms with Crippen molar-refractivity contribution in [3.63, 3.8) is 0 Å². The van der Waals surface area contributed by atoms with E-state index in [2.05, 4.69) is 28.6 Å². The largest absolute Gasteiger partial charge is 0.492 e. The summed E-state index contributed by atoms with van der Waals surface area (Å²) in [6.45, 7) is 0.605. The molecule has 0 aliphatic rings. The first kappa shape index (κ1) is 10.9. The van der Waals surface area contributed by atoms with E-state index in [4.69, 9.17) is 4.74 Å². The fourth-order valence-corrected chi connectivity index (χ4v) is 1.43. The minimum Gasteiger partial charge on any atom is -0.492 e. The third-order valence-corrected chi connectivity index (χ3v) is 2.39. The van der Waals surface area contributed by atoms with Crippen molar-refractivity contribution in [2.24, 2.45) is 0 Å². The van der Waals surface area contributed by atoms with Crippen LogP contribution < -0.4 is 4.74 Å². The maximum atomic E-state index is 12.6. The first-order valence-electron chi connectivity index (χ1n) is 3.93. The molecule has 0 saturated heterocycles. The molecule has 0 saturated carbocycles. The molecule has 0 unspecified atom stereocenters. The summed E-state index contributed by atoms with van der Waals surface area (Å²) in [7, 11) is 0. The SMILES string of the molecule is Fc1ccc(OCCCS)c(Br)c1. The van der Waals surface area contributed by atoms with Crippen LogP contribution in [0.3, 0.4) is 0 Å². The Bertz CT molecular complexity index is 280. The van der Waals surface area contributed by atoms with Crippen LogP contribution in [0.5, 0.6) is 5.75 Å². The number of halogens is 2. The molecule has 72 valence electrons. The Balaban J connectivity index is 2.56. The van der Waals surface area contributed by atoms with Crippen LogP contribution in [0.15, 0.2) is 22.7 Å². The van der Waals surface area contributed by atoms with Gasteiger partial charge >= 0.3 is 0 Å². The minimum atomic E-state index is -0.270. The third-order valence-electron chi connectivity index (χ3n) is 1.45. The molecule has 1 nitrogen and oxygen atoms in total. The maximum absolute atomic E-state index is 12.6. The third kappa shape index (κ3) is 3.56. The molecule has 0 aliphatic heterocycles. The molecule has 4 heteroatoms. The highest BCUT2D eigenvalue weighted by Crippen LogP contribution is 2.25. The van der Waals surface area contributed by atoms with Crippen LogP contribution in [-0.2, 0) is 0 Å². The summed E-state index contributed by atoms with van der Waals surface area (Å²) < 4.78 is 18.7.